The highest BCUT2D eigenvalue weighted by Crippen LogP contribution is 2.17. The highest BCUT2D eigenvalue weighted by molar-refractivity contribution is 7.92. The number of nitrogens with one attached hydrogen (secondary N) is 1. The number of benzene rings is 1. The van der Waals surface area contributed by atoms with Crippen LogP contribution in [0.4, 0.5) is 5.69 Å². The van der Waals surface area contributed by atoms with Crippen LogP contribution < -0.4 is 5.32 Å². The van der Waals surface area contributed by atoms with Crippen molar-refractivity contribution in [2.24, 2.45) is 0 Å². The predicted octanol–water partition coefficient (Wildman–Crippen LogP) is 1.01. The quantitative estimate of drug-likeness (QED) is 0.629. The van der Waals surface area contributed by atoms with Crippen LogP contribution in [0.2, 0.25) is 0 Å². The van der Waals surface area contributed by atoms with Crippen molar-refractivity contribution in [2.75, 3.05) is 11.1 Å². The largest absolute Gasteiger partial charge is 0.478 e. The Morgan fingerprint density at radius 3 is 2.04 bits per heavy atom. The van der Waals surface area contributed by atoms with Crippen LogP contribution in [0.15, 0.2) is 30.9 Å². The first kappa shape index (κ1) is 18.4. The first-order valence-corrected chi connectivity index (χ1v) is 8.05. The smallest absolute Gasteiger partial charge is 0.335 e. The van der Waals surface area contributed by atoms with Crippen LogP contribution in [0.1, 0.15) is 27.6 Å². The highest BCUT2D eigenvalue weighted by Gasteiger charge is 2.27. The molecule has 0 aliphatic heterocycles. The molecule has 0 aliphatic carbocycles. The highest BCUT2D eigenvalue weighted by atomic mass is 32.2. The molecular formula is C14H15NO7S. The van der Waals surface area contributed by atoms with E-state index in [9.17, 15) is 22.8 Å². The van der Waals surface area contributed by atoms with Crippen molar-refractivity contribution in [3.63, 3.8) is 0 Å². The molecule has 0 fully saturated rings. The van der Waals surface area contributed by atoms with E-state index >= 15 is 0 Å². The zero-order chi connectivity index (χ0) is 17.8. The maximum atomic E-state index is 12.0. The second kappa shape index (κ2) is 7.05. The van der Waals surface area contributed by atoms with E-state index in [1.165, 1.54) is 6.92 Å². The number of carbonyl (C=O) groups excluding carboxylic acids is 1. The summed E-state index contributed by atoms with van der Waals surface area (Å²) in [6, 6.07) is 3.01. The molecule has 0 aromatic heterocycles. The van der Waals surface area contributed by atoms with Gasteiger partial charge in [-0.15, -0.1) is 6.58 Å². The van der Waals surface area contributed by atoms with Gasteiger partial charge in [0.15, 0.2) is 9.84 Å². The van der Waals surface area contributed by atoms with Gasteiger partial charge in [-0.25, -0.2) is 18.0 Å². The first-order valence-electron chi connectivity index (χ1n) is 6.33. The molecule has 0 saturated carbocycles. The van der Waals surface area contributed by atoms with Crippen LogP contribution in [0.3, 0.4) is 0 Å². The maximum absolute atomic E-state index is 12.0. The minimum Gasteiger partial charge on any atom is -0.478 e. The fraction of sp³-hybridized carbons (Fsp3) is 0.214. The number of carboxylic acids is 2. The topological polar surface area (TPSA) is 138 Å². The first-order chi connectivity index (χ1) is 10.6. The molecule has 1 aromatic carbocycles. The van der Waals surface area contributed by atoms with Gasteiger partial charge in [0.25, 0.3) is 0 Å². The lowest BCUT2D eigenvalue weighted by molar-refractivity contribution is -0.115. The number of carboxylic acid groups (broad SMARTS) is 2. The molecule has 0 spiro atoms. The Labute approximate surface area is 132 Å². The average Bonchev–Trinajstić information content (AvgIpc) is 2.45. The Morgan fingerprint density at radius 1 is 1.17 bits per heavy atom. The fourth-order valence-corrected chi connectivity index (χ4v) is 2.66. The lowest BCUT2D eigenvalue weighted by Crippen LogP contribution is -2.33. The Balaban J connectivity index is 3.13. The Kier molecular flexibility index (Phi) is 5.63. The van der Waals surface area contributed by atoms with Gasteiger partial charge in [-0.3, -0.25) is 4.79 Å². The molecule has 1 atom stereocenters. The zero-order valence-electron chi connectivity index (χ0n) is 12.1. The van der Waals surface area contributed by atoms with Gasteiger partial charge in [-0.2, -0.15) is 0 Å². The molecule has 0 saturated heterocycles. The second-order valence-electron chi connectivity index (χ2n) is 4.66. The fourth-order valence-electron chi connectivity index (χ4n) is 1.66. The number of amides is 1. The van der Waals surface area contributed by atoms with Crippen LogP contribution in [-0.2, 0) is 14.6 Å². The summed E-state index contributed by atoms with van der Waals surface area (Å²) in [5, 5.41) is 18.7. The normalized spacial score (nSPS) is 12.2. The van der Waals surface area contributed by atoms with Gasteiger partial charge in [0.1, 0.15) is 5.25 Å². The number of carbonyl (C=O) groups is 3. The molecule has 23 heavy (non-hydrogen) atoms. The third-order valence-electron chi connectivity index (χ3n) is 2.95. The van der Waals surface area contributed by atoms with Crippen LogP contribution >= 0.6 is 0 Å². The van der Waals surface area contributed by atoms with Gasteiger partial charge >= 0.3 is 11.9 Å². The number of sulfone groups is 1. The molecule has 0 radical (unpaired) electrons. The molecule has 0 bridgehead atoms. The number of rotatable bonds is 7. The summed E-state index contributed by atoms with van der Waals surface area (Å²) < 4.78 is 23.6. The van der Waals surface area contributed by atoms with Crippen LogP contribution in [0.25, 0.3) is 0 Å². The van der Waals surface area contributed by atoms with Gasteiger partial charge < -0.3 is 15.5 Å². The Hall–Kier alpha value is -2.68. The lowest BCUT2D eigenvalue weighted by Gasteiger charge is -2.13. The van der Waals surface area contributed by atoms with E-state index in [-0.39, 0.29) is 16.8 Å². The number of aromatic carboxylic acids is 2. The van der Waals surface area contributed by atoms with Gasteiger partial charge in [-0.1, -0.05) is 6.08 Å². The van der Waals surface area contributed by atoms with Crippen LogP contribution in [0.5, 0.6) is 0 Å². The summed E-state index contributed by atoms with van der Waals surface area (Å²) in [5.74, 6) is -4.05. The molecule has 3 N–H and O–H groups in total. The van der Waals surface area contributed by atoms with Gasteiger partial charge in [0.2, 0.25) is 5.91 Å². The number of hydrogen-bond acceptors (Lipinski definition) is 5. The van der Waals surface area contributed by atoms with Crippen molar-refractivity contribution in [2.45, 2.75) is 12.2 Å². The molecule has 0 heterocycles. The van der Waals surface area contributed by atoms with Crippen molar-refractivity contribution in [3.05, 3.63) is 42.0 Å². The molecule has 9 heteroatoms. The van der Waals surface area contributed by atoms with Crippen molar-refractivity contribution in [3.8, 4) is 0 Å². The van der Waals surface area contributed by atoms with Crippen LogP contribution in [-0.4, -0.2) is 47.5 Å². The van der Waals surface area contributed by atoms with E-state index in [1.54, 1.807) is 0 Å². The Morgan fingerprint density at radius 2 is 1.65 bits per heavy atom. The van der Waals surface area contributed by atoms with Crippen molar-refractivity contribution in [1.82, 2.24) is 0 Å². The van der Waals surface area contributed by atoms with E-state index in [2.05, 4.69) is 11.9 Å². The summed E-state index contributed by atoms with van der Waals surface area (Å²) in [6.45, 7) is 4.47. The summed E-state index contributed by atoms with van der Waals surface area (Å²) in [6.07, 6.45) is 1.15. The van der Waals surface area contributed by atoms with Gasteiger partial charge in [-0.05, 0) is 25.1 Å². The Bertz CT molecular complexity index is 735. The standard InChI is InChI=1S/C14H15NO7S/c1-3-4-23(21,22)8(2)12(16)15-11-6-9(13(17)18)5-10(7-11)14(19)20/h3,5-8H,1,4H2,2H3,(H,15,16)(H,17,18)(H,19,20). The molecule has 1 aromatic rings. The summed E-state index contributed by atoms with van der Waals surface area (Å²) in [4.78, 5) is 33.9. The SMILES string of the molecule is C=CCS(=O)(=O)C(C)C(=O)Nc1cc(C(=O)O)cc(C(=O)O)c1. The van der Waals surface area contributed by atoms with Gasteiger partial charge in [0.05, 0.1) is 16.9 Å². The third kappa shape index (κ3) is 4.65. The minimum atomic E-state index is -3.75. The second-order valence-corrected chi connectivity index (χ2v) is 7.03. The molecule has 124 valence electrons. The van der Waals surface area contributed by atoms with Crippen molar-refractivity contribution < 1.29 is 33.0 Å². The number of hydrogen-bond donors (Lipinski definition) is 3. The summed E-state index contributed by atoms with van der Waals surface area (Å²) >= 11 is 0. The third-order valence-corrected chi connectivity index (χ3v) is 4.94. The van der Waals surface area contributed by atoms with E-state index in [0.717, 1.165) is 24.3 Å². The lowest BCUT2D eigenvalue weighted by atomic mass is 10.1. The van der Waals surface area contributed by atoms with Crippen molar-refractivity contribution in [1.29, 1.82) is 0 Å². The molecule has 1 unspecified atom stereocenters. The predicted molar refractivity (Wildman–Crippen MR) is 82.4 cm³/mol. The van der Waals surface area contributed by atoms with E-state index in [1.807, 2.05) is 0 Å². The van der Waals surface area contributed by atoms with E-state index in [4.69, 9.17) is 10.2 Å². The summed E-state index contributed by atoms with van der Waals surface area (Å²) in [7, 11) is -3.75. The monoisotopic (exact) mass is 341 g/mol. The maximum Gasteiger partial charge on any atom is 0.335 e. The summed E-state index contributed by atoms with van der Waals surface area (Å²) in [5.41, 5.74) is -0.809. The van der Waals surface area contributed by atoms with E-state index < -0.39 is 38.7 Å². The minimum absolute atomic E-state index is 0.118. The molecule has 1 rings (SSSR count). The van der Waals surface area contributed by atoms with Crippen LogP contribution in [0, 0.1) is 0 Å². The number of anilines is 1. The van der Waals surface area contributed by atoms with Crippen molar-refractivity contribution >= 4 is 33.4 Å². The molecule has 1 amide bonds. The molecule has 0 aliphatic rings. The van der Waals surface area contributed by atoms with Gasteiger partial charge in [0, 0.05) is 5.69 Å². The van der Waals surface area contributed by atoms with E-state index in [0.29, 0.717) is 0 Å². The average molecular weight is 341 g/mol. The zero-order valence-corrected chi connectivity index (χ0v) is 13.0. The molecular weight excluding hydrogens is 326 g/mol. The molecule has 8 nitrogen and oxygen atoms in total.